The monoisotopic (exact) mass is 366 g/mol. The molecule has 2 saturated heterocycles. The lowest BCUT2D eigenvalue weighted by atomic mass is 9.99. The average Bonchev–Trinajstić information content (AvgIpc) is 2.73. The third-order valence-corrected chi connectivity index (χ3v) is 5.57. The Morgan fingerprint density at radius 2 is 1.93 bits per heavy atom. The molecule has 4 rings (SSSR count). The number of hydrogen-bond acceptors (Lipinski definition) is 4. The van der Waals surface area contributed by atoms with Gasteiger partial charge in [0.1, 0.15) is 5.75 Å². The highest BCUT2D eigenvalue weighted by Crippen LogP contribution is 2.30. The van der Waals surface area contributed by atoms with Crippen LogP contribution in [0.15, 0.2) is 48.5 Å². The maximum atomic E-state index is 13.1. The Bertz CT molecular complexity index is 808. The summed E-state index contributed by atoms with van der Waals surface area (Å²) >= 11 is 0. The summed E-state index contributed by atoms with van der Waals surface area (Å²) in [6.45, 7) is 5.62. The highest BCUT2D eigenvalue weighted by atomic mass is 16.5. The fourth-order valence-electron chi connectivity index (χ4n) is 4.13. The predicted molar refractivity (Wildman–Crippen MR) is 104 cm³/mol. The van der Waals surface area contributed by atoms with E-state index >= 15 is 0 Å². The molecule has 2 aliphatic rings. The van der Waals surface area contributed by atoms with Crippen LogP contribution in [0.4, 0.5) is 0 Å². The molecular weight excluding hydrogens is 340 g/mol. The van der Waals surface area contributed by atoms with E-state index in [0.717, 1.165) is 18.7 Å². The van der Waals surface area contributed by atoms with Crippen molar-refractivity contribution < 1.29 is 14.3 Å². The van der Waals surface area contributed by atoms with Gasteiger partial charge in [0.15, 0.2) is 0 Å². The normalized spacial score (nSPS) is 23.0. The third kappa shape index (κ3) is 3.57. The summed E-state index contributed by atoms with van der Waals surface area (Å²) in [7, 11) is 1.61. The summed E-state index contributed by atoms with van der Waals surface area (Å²) in [5.74, 6) is 0.679. The summed E-state index contributed by atoms with van der Waals surface area (Å²) in [6.07, 6.45) is 0. The molecule has 0 radical (unpaired) electrons. The number of fused-ring (bicyclic) bond motifs is 1. The van der Waals surface area contributed by atoms with Crippen LogP contribution < -0.4 is 4.74 Å². The van der Waals surface area contributed by atoms with Crippen LogP contribution in [0.3, 0.4) is 0 Å². The number of morpholine rings is 1. The molecule has 142 valence electrons. The number of amides is 1. The molecule has 2 fully saturated rings. The Balaban J connectivity index is 1.51. The number of ether oxygens (including phenoxy) is 2. The lowest BCUT2D eigenvalue weighted by Crippen LogP contribution is -2.60. The molecule has 2 aromatic rings. The van der Waals surface area contributed by atoms with Gasteiger partial charge in [-0.25, -0.2) is 0 Å². The van der Waals surface area contributed by atoms with Gasteiger partial charge >= 0.3 is 0 Å². The molecule has 0 unspecified atom stereocenters. The number of piperazine rings is 1. The number of benzene rings is 2. The van der Waals surface area contributed by atoms with Crippen molar-refractivity contribution in [3.63, 3.8) is 0 Å². The number of carbonyl (C=O) groups excluding carboxylic acids is 1. The minimum Gasteiger partial charge on any atom is -0.496 e. The minimum absolute atomic E-state index is 0.0355. The second-order valence-electron chi connectivity index (χ2n) is 7.31. The van der Waals surface area contributed by atoms with Crippen molar-refractivity contribution in [2.75, 3.05) is 40.0 Å². The fraction of sp³-hybridized carbons (Fsp3) is 0.409. The molecule has 2 aliphatic heterocycles. The average molecular weight is 366 g/mol. The van der Waals surface area contributed by atoms with Crippen molar-refractivity contribution in [1.82, 2.24) is 9.80 Å². The molecule has 27 heavy (non-hydrogen) atoms. The Labute approximate surface area is 160 Å². The van der Waals surface area contributed by atoms with Gasteiger partial charge in [-0.1, -0.05) is 36.4 Å². The summed E-state index contributed by atoms with van der Waals surface area (Å²) in [5.41, 5.74) is 3.00. The quantitative estimate of drug-likeness (QED) is 0.838. The largest absolute Gasteiger partial charge is 0.496 e. The Morgan fingerprint density at radius 3 is 2.70 bits per heavy atom. The number of nitrogens with zero attached hydrogens (tertiary/aromatic N) is 2. The Morgan fingerprint density at radius 1 is 1.11 bits per heavy atom. The zero-order valence-electron chi connectivity index (χ0n) is 15.9. The molecule has 5 nitrogen and oxygen atoms in total. The summed E-state index contributed by atoms with van der Waals surface area (Å²) < 4.78 is 11.3. The van der Waals surface area contributed by atoms with E-state index in [1.54, 1.807) is 7.11 Å². The van der Waals surface area contributed by atoms with Crippen molar-refractivity contribution in [3.05, 3.63) is 65.2 Å². The van der Waals surface area contributed by atoms with Crippen molar-refractivity contribution in [3.8, 4) is 5.75 Å². The van der Waals surface area contributed by atoms with Gasteiger partial charge in [-0.3, -0.25) is 9.69 Å². The van der Waals surface area contributed by atoms with Crippen LogP contribution in [0.2, 0.25) is 0 Å². The molecule has 2 heterocycles. The second-order valence-corrected chi connectivity index (χ2v) is 7.31. The Hall–Kier alpha value is -2.37. The van der Waals surface area contributed by atoms with Crippen LogP contribution in [-0.2, 0) is 4.74 Å². The van der Waals surface area contributed by atoms with Gasteiger partial charge in [0.25, 0.3) is 5.91 Å². The third-order valence-electron chi connectivity index (χ3n) is 5.57. The van der Waals surface area contributed by atoms with E-state index in [1.807, 2.05) is 36.1 Å². The Kier molecular flexibility index (Phi) is 5.14. The van der Waals surface area contributed by atoms with Crippen LogP contribution in [0.5, 0.6) is 5.75 Å². The number of hydrogen-bond donors (Lipinski definition) is 0. The van der Waals surface area contributed by atoms with Gasteiger partial charge in [0.05, 0.1) is 38.0 Å². The first-order chi connectivity index (χ1) is 13.2. The summed E-state index contributed by atoms with van der Waals surface area (Å²) in [6, 6.07) is 16.7. The van der Waals surface area contributed by atoms with E-state index < -0.39 is 0 Å². The maximum absolute atomic E-state index is 13.1. The van der Waals surface area contributed by atoms with Gasteiger partial charge in [-0.2, -0.15) is 0 Å². The van der Waals surface area contributed by atoms with Gasteiger partial charge in [-0.05, 0) is 30.2 Å². The topological polar surface area (TPSA) is 42.0 Å². The van der Waals surface area contributed by atoms with Crippen LogP contribution in [-0.4, -0.2) is 61.7 Å². The molecule has 2 atom stereocenters. The van der Waals surface area contributed by atoms with E-state index in [4.69, 9.17) is 9.47 Å². The molecule has 2 aromatic carbocycles. The first kappa shape index (κ1) is 18.0. The van der Waals surface area contributed by atoms with E-state index in [9.17, 15) is 4.79 Å². The molecule has 0 bridgehead atoms. The van der Waals surface area contributed by atoms with Crippen LogP contribution >= 0.6 is 0 Å². The first-order valence-corrected chi connectivity index (χ1v) is 9.49. The van der Waals surface area contributed by atoms with Crippen molar-refractivity contribution in [1.29, 1.82) is 0 Å². The van der Waals surface area contributed by atoms with Crippen LogP contribution in [0.1, 0.15) is 27.5 Å². The van der Waals surface area contributed by atoms with Gasteiger partial charge < -0.3 is 14.4 Å². The van der Waals surface area contributed by atoms with Gasteiger partial charge in [-0.15, -0.1) is 0 Å². The highest BCUT2D eigenvalue weighted by Gasteiger charge is 2.38. The van der Waals surface area contributed by atoms with Crippen LogP contribution in [0.25, 0.3) is 0 Å². The lowest BCUT2D eigenvalue weighted by molar-refractivity contribution is -0.0770. The van der Waals surface area contributed by atoms with Crippen molar-refractivity contribution in [2.45, 2.75) is 19.0 Å². The molecule has 0 aliphatic carbocycles. The second kappa shape index (κ2) is 7.71. The number of methoxy groups -OCH3 is 1. The molecule has 1 amide bonds. The standard InChI is InChI=1S/C22H26N2O3/c1-16-8-9-19(21(12-16)26-2)22(25)23-10-11-24-18(13-23)14-27-15-20(24)17-6-4-3-5-7-17/h3-9,12,18,20H,10-11,13-15H2,1-2H3/t18-,20-/m1/s1. The maximum Gasteiger partial charge on any atom is 0.257 e. The van der Waals surface area contributed by atoms with Crippen molar-refractivity contribution >= 4 is 5.91 Å². The summed E-state index contributed by atoms with van der Waals surface area (Å²) in [5, 5.41) is 0. The molecule has 0 spiro atoms. The molecular formula is C22H26N2O3. The summed E-state index contributed by atoms with van der Waals surface area (Å²) in [4.78, 5) is 17.5. The fourth-order valence-corrected chi connectivity index (χ4v) is 4.13. The lowest BCUT2D eigenvalue weighted by Gasteiger charge is -2.48. The SMILES string of the molecule is COc1cc(C)ccc1C(=O)N1CCN2[C@@H](COC[C@@H]2c2ccccc2)C1. The minimum atomic E-state index is 0.0355. The van der Waals surface area contributed by atoms with E-state index in [0.29, 0.717) is 31.1 Å². The van der Waals surface area contributed by atoms with E-state index in [1.165, 1.54) is 5.56 Å². The molecule has 0 N–H and O–H groups in total. The number of rotatable bonds is 3. The van der Waals surface area contributed by atoms with Crippen LogP contribution in [0, 0.1) is 6.92 Å². The molecule has 0 aromatic heterocycles. The van der Waals surface area contributed by atoms with Crippen molar-refractivity contribution in [2.24, 2.45) is 0 Å². The molecule has 0 saturated carbocycles. The van der Waals surface area contributed by atoms with E-state index in [2.05, 4.69) is 29.2 Å². The first-order valence-electron chi connectivity index (χ1n) is 9.49. The van der Waals surface area contributed by atoms with Gasteiger partial charge in [0, 0.05) is 19.6 Å². The molecule has 5 heteroatoms. The zero-order valence-corrected chi connectivity index (χ0v) is 15.9. The van der Waals surface area contributed by atoms with E-state index in [-0.39, 0.29) is 18.0 Å². The predicted octanol–water partition coefficient (Wildman–Crippen LogP) is 2.90. The zero-order chi connectivity index (χ0) is 18.8. The number of aryl methyl sites for hydroxylation is 1. The number of carbonyl (C=O) groups is 1. The smallest absolute Gasteiger partial charge is 0.257 e. The van der Waals surface area contributed by atoms with Gasteiger partial charge in [0.2, 0.25) is 0 Å². The highest BCUT2D eigenvalue weighted by molar-refractivity contribution is 5.97.